The van der Waals surface area contributed by atoms with Crippen molar-refractivity contribution in [3.63, 3.8) is 0 Å². The normalized spacial score (nSPS) is 13.6. The number of nitrogens with one attached hydrogen (secondary N) is 1. The average Bonchev–Trinajstić information content (AvgIpc) is 2.43. The van der Waals surface area contributed by atoms with E-state index in [-0.39, 0.29) is 0 Å². The molecule has 0 radical (unpaired) electrons. The van der Waals surface area contributed by atoms with Gasteiger partial charge < -0.3 is 9.84 Å². The molecule has 1 aromatic rings. The third-order valence-electron chi connectivity index (χ3n) is 2.87. The molecule has 0 aliphatic heterocycles. The minimum atomic E-state index is -0.992. The van der Waals surface area contributed by atoms with Gasteiger partial charge >= 0.3 is 11.9 Å². The molecule has 0 aliphatic rings. The van der Waals surface area contributed by atoms with Crippen molar-refractivity contribution in [2.75, 3.05) is 7.11 Å². The second-order valence-electron chi connectivity index (χ2n) is 4.33. The summed E-state index contributed by atoms with van der Waals surface area (Å²) in [6, 6.07) is 8.30. The van der Waals surface area contributed by atoms with Crippen LogP contribution in [0.25, 0.3) is 0 Å². The van der Waals surface area contributed by atoms with E-state index in [0.29, 0.717) is 12.8 Å². The number of rotatable bonds is 7. The van der Waals surface area contributed by atoms with E-state index in [1.54, 1.807) is 0 Å². The highest BCUT2D eigenvalue weighted by molar-refractivity contribution is 5.78. The molecular weight excluding hydrogens is 246 g/mol. The fraction of sp³-hybridized carbons (Fsp3) is 0.429. The lowest BCUT2D eigenvalue weighted by Gasteiger charge is -2.19. The van der Waals surface area contributed by atoms with Gasteiger partial charge in [0.25, 0.3) is 0 Å². The first-order chi connectivity index (χ1) is 9.04. The molecular formula is C14H19NO4. The molecule has 1 rings (SSSR count). The smallest absolute Gasteiger partial charge is 0.322 e. The van der Waals surface area contributed by atoms with Crippen molar-refractivity contribution >= 4 is 11.9 Å². The molecule has 5 nitrogen and oxygen atoms in total. The summed E-state index contributed by atoms with van der Waals surface area (Å²) in [6.45, 7) is 1.50. The maximum atomic E-state index is 11.6. The first-order valence-corrected chi connectivity index (χ1v) is 6.15. The predicted octanol–water partition coefficient (Wildman–Crippen LogP) is 1.22. The molecule has 0 heterocycles. The number of carboxylic acid groups (broad SMARTS) is 1. The van der Waals surface area contributed by atoms with Gasteiger partial charge in [-0.05, 0) is 25.3 Å². The van der Waals surface area contributed by atoms with Gasteiger partial charge in [-0.3, -0.25) is 14.9 Å². The Labute approximate surface area is 112 Å². The highest BCUT2D eigenvalue weighted by Gasteiger charge is 2.23. The molecule has 0 spiro atoms. The molecule has 5 heteroatoms. The molecule has 0 aromatic heterocycles. The number of benzene rings is 1. The van der Waals surface area contributed by atoms with Crippen LogP contribution in [-0.4, -0.2) is 36.2 Å². The number of esters is 1. The number of ether oxygens (including phenoxy) is 1. The summed E-state index contributed by atoms with van der Waals surface area (Å²) in [5.74, 6) is -1.43. The molecule has 0 saturated heterocycles. The monoisotopic (exact) mass is 265 g/mol. The molecule has 0 saturated carbocycles. The van der Waals surface area contributed by atoms with E-state index in [4.69, 9.17) is 5.11 Å². The van der Waals surface area contributed by atoms with Crippen LogP contribution >= 0.6 is 0 Å². The summed E-state index contributed by atoms with van der Waals surface area (Å²) < 4.78 is 4.69. The Hall–Kier alpha value is -1.88. The van der Waals surface area contributed by atoms with Gasteiger partial charge in [0.05, 0.1) is 7.11 Å². The lowest BCUT2D eigenvalue weighted by atomic mass is 10.0. The molecule has 104 valence electrons. The van der Waals surface area contributed by atoms with E-state index < -0.39 is 24.0 Å². The minimum absolute atomic E-state index is 0.441. The van der Waals surface area contributed by atoms with Crippen LogP contribution in [0.2, 0.25) is 0 Å². The first kappa shape index (κ1) is 15.2. The summed E-state index contributed by atoms with van der Waals surface area (Å²) in [4.78, 5) is 22.4. The molecule has 2 atom stereocenters. The van der Waals surface area contributed by atoms with Crippen molar-refractivity contribution in [1.82, 2.24) is 5.32 Å². The number of hydrogen-bond acceptors (Lipinski definition) is 4. The number of aliphatic carboxylic acids is 1. The van der Waals surface area contributed by atoms with E-state index in [1.807, 2.05) is 30.3 Å². The van der Waals surface area contributed by atoms with Crippen LogP contribution < -0.4 is 5.32 Å². The Morgan fingerprint density at radius 3 is 2.47 bits per heavy atom. The molecule has 0 fully saturated rings. The summed E-state index contributed by atoms with van der Waals surface area (Å²) in [7, 11) is 1.30. The molecule has 0 unspecified atom stereocenters. The van der Waals surface area contributed by atoms with E-state index in [1.165, 1.54) is 14.0 Å². The zero-order chi connectivity index (χ0) is 14.3. The molecule has 19 heavy (non-hydrogen) atoms. The molecule has 0 aliphatic carbocycles. The molecule has 0 amide bonds. The fourth-order valence-electron chi connectivity index (χ4n) is 1.74. The van der Waals surface area contributed by atoms with E-state index >= 15 is 0 Å². The summed E-state index contributed by atoms with van der Waals surface area (Å²) in [5, 5.41) is 11.6. The van der Waals surface area contributed by atoms with Crippen molar-refractivity contribution in [3.05, 3.63) is 35.9 Å². The van der Waals surface area contributed by atoms with E-state index in [9.17, 15) is 9.59 Å². The number of methoxy groups -OCH3 is 1. The van der Waals surface area contributed by atoms with Crippen LogP contribution in [-0.2, 0) is 20.7 Å². The Bertz CT molecular complexity index is 419. The number of carbonyl (C=O) groups is 2. The Morgan fingerprint density at radius 1 is 1.32 bits per heavy atom. The van der Waals surface area contributed by atoms with Crippen molar-refractivity contribution in [2.24, 2.45) is 0 Å². The summed E-state index contributed by atoms with van der Waals surface area (Å²) >= 11 is 0. The van der Waals surface area contributed by atoms with Gasteiger partial charge in [0.15, 0.2) is 0 Å². The second kappa shape index (κ2) is 7.53. The molecule has 1 aromatic carbocycles. The maximum Gasteiger partial charge on any atom is 0.322 e. The van der Waals surface area contributed by atoms with Crippen molar-refractivity contribution < 1.29 is 19.4 Å². The van der Waals surface area contributed by atoms with Crippen LogP contribution in [0.15, 0.2) is 30.3 Å². The Morgan fingerprint density at radius 2 is 1.95 bits per heavy atom. The minimum Gasteiger partial charge on any atom is -0.480 e. The fourth-order valence-corrected chi connectivity index (χ4v) is 1.74. The number of hydrogen-bond donors (Lipinski definition) is 2. The highest BCUT2D eigenvalue weighted by Crippen LogP contribution is 2.07. The summed E-state index contributed by atoms with van der Waals surface area (Å²) in [6.07, 6.45) is 1.17. The van der Waals surface area contributed by atoms with Crippen LogP contribution in [0.3, 0.4) is 0 Å². The van der Waals surface area contributed by atoms with Crippen LogP contribution in [0.5, 0.6) is 0 Å². The van der Waals surface area contributed by atoms with Crippen molar-refractivity contribution in [2.45, 2.75) is 31.8 Å². The average molecular weight is 265 g/mol. The van der Waals surface area contributed by atoms with E-state index in [0.717, 1.165) is 5.56 Å². The van der Waals surface area contributed by atoms with Crippen molar-refractivity contribution in [3.8, 4) is 0 Å². The number of carbonyl (C=O) groups excluding carboxylic acids is 1. The zero-order valence-corrected chi connectivity index (χ0v) is 11.1. The van der Waals surface area contributed by atoms with Crippen LogP contribution in [0, 0.1) is 0 Å². The lowest BCUT2D eigenvalue weighted by Crippen LogP contribution is -2.46. The van der Waals surface area contributed by atoms with Gasteiger partial charge in [0.1, 0.15) is 12.1 Å². The molecule has 2 N–H and O–H groups in total. The largest absolute Gasteiger partial charge is 0.480 e. The number of carboxylic acids is 1. The quantitative estimate of drug-likeness (QED) is 0.725. The van der Waals surface area contributed by atoms with Crippen LogP contribution in [0.4, 0.5) is 0 Å². The third kappa shape index (κ3) is 5.09. The Kier molecular flexibility index (Phi) is 6.02. The number of aryl methyl sites for hydroxylation is 1. The first-order valence-electron chi connectivity index (χ1n) is 6.15. The molecule has 0 bridgehead atoms. The topological polar surface area (TPSA) is 75.6 Å². The van der Waals surface area contributed by atoms with Gasteiger partial charge in [-0.15, -0.1) is 0 Å². The predicted molar refractivity (Wildman–Crippen MR) is 70.8 cm³/mol. The van der Waals surface area contributed by atoms with Crippen LogP contribution in [0.1, 0.15) is 18.9 Å². The van der Waals surface area contributed by atoms with Gasteiger partial charge in [0, 0.05) is 0 Å². The van der Waals surface area contributed by atoms with Crippen molar-refractivity contribution in [1.29, 1.82) is 0 Å². The SMILES string of the molecule is COC(=O)[C@H](CCc1ccccc1)N[C@@H](C)C(=O)O. The summed E-state index contributed by atoms with van der Waals surface area (Å²) in [5.41, 5.74) is 1.10. The Balaban J connectivity index is 2.60. The second-order valence-corrected chi connectivity index (χ2v) is 4.33. The third-order valence-corrected chi connectivity index (χ3v) is 2.87. The highest BCUT2D eigenvalue weighted by atomic mass is 16.5. The van der Waals surface area contributed by atoms with E-state index in [2.05, 4.69) is 10.1 Å². The zero-order valence-electron chi connectivity index (χ0n) is 11.1. The maximum absolute atomic E-state index is 11.6. The van der Waals surface area contributed by atoms with Gasteiger partial charge in [-0.2, -0.15) is 0 Å². The standard InChI is InChI=1S/C14H19NO4/c1-10(13(16)17)15-12(14(18)19-2)9-8-11-6-4-3-5-7-11/h3-7,10,12,15H,8-9H2,1-2H3,(H,16,17)/t10-,12-/m0/s1. The van der Waals surface area contributed by atoms with Gasteiger partial charge in [0.2, 0.25) is 0 Å². The lowest BCUT2D eigenvalue weighted by molar-refractivity contribution is -0.144. The van der Waals surface area contributed by atoms with Gasteiger partial charge in [-0.25, -0.2) is 0 Å². The van der Waals surface area contributed by atoms with Gasteiger partial charge in [-0.1, -0.05) is 30.3 Å².